The predicted molar refractivity (Wildman–Crippen MR) is 91.5 cm³/mol. The number of ketones is 1. The van der Waals surface area contributed by atoms with Crippen molar-refractivity contribution in [2.24, 2.45) is 0 Å². The molecule has 3 fully saturated rings. The number of aromatic nitrogens is 2. The van der Waals surface area contributed by atoms with E-state index in [1.54, 1.807) is 9.58 Å². The topological polar surface area (TPSA) is 84.7 Å². The van der Waals surface area contributed by atoms with E-state index in [1.165, 1.54) is 6.92 Å². The zero-order valence-electron chi connectivity index (χ0n) is 15.4. The molecule has 26 heavy (non-hydrogen) atoms. The fourth-order valence-electron chi connectivity index (χ4n) is 4.86. The number of rotatable bonds is 4. The number of nitrogens with zero attached hydrogens (tertiary/aromatic N) is 4. The van der Waals surface area contributed by atoms with Crippen molar-refractivity contribution in [1.29, 1.82) is 0 Å². The minimum absolute atomic E-state index is 0.00829. The summed E-state index contributed by atoms with van der Waals surface area (Å²) in [6.45, 7) is 7.40. The molecular formula is C18H24N4O4. The van der Waals surface area contributed by atoms with Gasteiger partial charge >= 0.3 is 0 Å². The highest BCUT2D eigenvalue weighted by molar-refractivity contribution is 5.96. The molecule has 3 aliphatic heterocycles. The van der Waals surface area contributed by atoms with Gasteiger partial charge in [0.05, 0.1) is 30.3 Å². The second-order valence-corrected chi connectivity index (χ2v) is 7.37. The summed E-state index contributed by atoms with van der Waals surface area (Å²) in [7, 11) is 0. The van der Waals surface area contributed by atoms with Crippen LogP contribution in [-0.2, 0) is 20.9 Å². The minimum Gasteiger partial charge on any atom is -0.351 e. The predicted octanol–water partition coefficient (Wildman–Crippen LogP) is 0.652. The van der Waals surface area contributed by atoms with Gasteiger partial charge in [-0.05, 0) is 20.8 Å². The Bertz CT molecular complexity index is 801. The molecule has 0 radical (unpaired) electrons. The Hall–Kier alpha value is -2.22. The van der Waals surface area contributed by atoms with Gasteiger partial charge in [-0.3, -0.25) is 19.1 Å². The summed E-state index contributed by atoms with van der Waals surface area (Å²) in [4.78, 5) is 40.4. The molecule has 2 amide bonds. The molecule has 4 rings (SSSR count). The van der Waals surface area contributed by atoms with Crippen molar-refractivity contribution in [3.05, 3.63) is 17.0 Å². The van der Waals surface area contributed by atoms with Gasteiger partial charge in [-0.1, -0.05) is 0 Å². The molecule has 8 heteroatoms. The van der Waals surface area contributed by atoms with Gasteiger partial charge in [0.15, 0.2) is 11.5 Å². The molecule has 8 nitrogen and oxygen atoms in total. The van der Waals surface area contributed by atoms with Crippen molar-refractivity contribution < 1.29 is 19.1 Å². The maximum atomic E-state index is 12.8. The van der Waals surface area contributed by atoms with E-state index < -0.39 is 5.72 Å². The Morgan fingerprint density at radius 1 is 1.31 bits per heavy atom. The molecule has 4 heterocycles. The minimum atomic E-state index is -0.591. The molecule has 1 spiro atoms. The van der Waals surface area contributed by atoms with Gasteiger partial charge in [0, 0.05) is 38.2 Å². The van der Waals surface area contributed by atoms with E-state index in [-0.39, 0.29) is 23.6 Å². The van der Waals surface area contributed by atoms with Gasteiger partial charge in [0.1, 0.15) is 0 Å². The van der Waals surface area contributed by atoms with Crippen LogP contribution in [0.1, 0.15) is 47.9 Å². The second kappa shape index (κ2) is 5.90. The van der Waals surface area contributed by atoms with Gasteiger partial charge in [-0.25, -0.2) is 0 Å². The highest BCUT2D eigenvalue weighted by Gasteiger charge is 2.62. The van der Waals surface area contributed by atoms with Crippen LogP contribution in [0.2, 0.25) is 0 Å². The Kier molecular flexibility index (Phi) is 3.91. The van der Waals surface area contributed by atoms with Crippen molar-refractivity contribution in [1.82, 2.24) is 19.6 Å². The first-order valence-corrected chi connectivity index (χ1v) is 9.14. The monoisotopic (exact) mass is 360 g/mol. The number of Topliss-reactive ketones (excluding diaryl/α,β-unsaturated/α-hetero) is 1. The fourth-order valence-corrected chi connectivity index (χ4v) is 4.86. The number of aryl methyl sites for hydroxylation is 2. The average molecular weight is 360 g/mol. The third-order valence-electron chi connectivity index (χ3n) is 5.99. The van der Waals surface area contributed by atoms with E-state index in [2.05, 4.69) is 5.10 Å². The number of ether oxygens (including phenoxy) is 1. The summed E-state index contributed by atoms with van der Waals surface area (Å²) < 4.78 is 7.65. The first kappa shape index (κ1) is 17.2. The summed E-state index contributed by atoms with van der Waals surface area (Å²) in [5.41, 5.74) is 1.53. The zero-order chi connectivity index (χ0) is 18.6. The number of carbonyl (C=O) groups is 3. The maximum Gasteiger partial charge on any atom is 0.227 e. The molecule has 140 valence electrons. The van der Waals surface area contributed by atoms with Gasteiger partial charge in [0.2, 0.25) is 11.8 Å². The number of amides is 2. The fraction of sp³-hybridized carbons (Fsp3) is 0.667. The Morgan fingerprint density at radius 3 is 2.77 bits per heavy atom. The van der Waals surface area contributed by atoms with E-state index in [1.807, 2.05) is 18.7 Å². The van der Waals surface area contributed by atoms with E-state index in [0.717, 1.165) is 5.69 Å². The number of hydrogen-bond acceptors (Lipinski definition) is 5. The van der Waals surface area contributed by atoms with Gasteiger partial charge in [-0.2, -0.15) is 5.10 Å². The van der Waals surface area contributed by atoms with Crippen LogP contribution < -0.4 is 0 Å². The SMILES string of the molecule is CC(=O)c1c(C)nn(CCC(=O)N2CC[C@@]34OCCN3C(=O)C[C@@H]24)c1C. The molecule has 1 aromatic rings. The summed E-state index contributed by atoms with van der Waals surface area (Å²) in [6.07, 6.45) is 1.32. The van der Waals surface area contributed by atoms with Crippen LogP contribution in [0.15, 0.2) is 0 Å². The van der Waals surface area contributed by atoms with Gasteiger partial charge in [0.25, 0.3) is 0 Å². The number of likely N-dealkylation sites (tertiary alicyclic amines) is 1. The van der Waals surface area contributed by atoms with Crippen molar-refractivity contribution in [2.75, 3.05) is 19.7 Å². The van der Waals surface area contributed by atoms with Crippen LogP contribution in [0.25, 0.3) is 0 Å². The zero-order valence-corrected chi connectivity index (χ0v) is 15.4. The number of carbonyl (C=O) groups excluding carboxylic acids is 3. The van der Waals surface area contributed by atoms with Crippen LogP contribution in [-0.4, -0.2) is 68.6 Å². The molecule has 0 aromatic carbocycles. The molecule has 3 aliphatic rings. The third kappa shape index (κ3) is 2.31. The van der Waals surface area contributed by atoms with E-state index >= 15 is 0 Å². The van der Waals surface area contributed by atoms with Gasteiger partial charge in [-0.15, -0.1) is 0 Å². The van der Waals surface area contributed by atoms with Crippen LogP contribution in [0.3, 0.4) is 0 Å². The lowest BCUT2D eigenvalue weighted by Crippen LogP contribution is -2.48. The van der Waals surface area contributed by atoms with Crippen LogP contribution in [0.5, 0.6) is 0 Å². The van der Waals surface area contributed by atoms with Gasteiger partial charge < -0.3 is 14.5 Å². The van der Waals surface area contributed by atoms with Crippen LogP contribution >= 0.6 is 0 Å². The van der Waals surface area contributed by atoms with Crippen LogP contribution in [0.4, 0.5) is 0 Å². The lowest BCUT2D eigenvalue weighted by Gasteiger charge is -2.31. The first-order chi connectivity index (χ1) is 12.3. The Labute approximate surface area is 152 Å². The number of hydrogen-bond donors (Lipinski definition) is 0. The normalized spacial score (nSPS) is 27.2. The summed E-state index contributed by atoms with van der Waals surface area (Å²) >= 11 is 0. The van der Waals surface area contributed by atoms with Crippen molar-refractivity contribution in [2.45, 2.75) is 58.3 Å². The molecule has 0 saturated carbocycles. The van der Waals surface area contributed by atoms with E-state index in [0.29, 0.717) is 56.8 Å². The molecule has 1 aromatic heterocycles. The highest BCUT2D eigenvalue weighted by atomic mass is 16.5. The smallest absolute Gasteiger partial charge is 0.227 e. The Morgan fingerprint density at radius 2 is 2.08 bits per heavy atom. The van der Waals surface area contributed by atoms with Crippen molar-refractivity contribution in [3.8, 4) is 0 Å². The summed E-state index contributed by atoms with van der Waals surface area (Å²) in [5, 5.41) is 4.40. The van der Waals surface area contributed by atoms with Crippen molar-refractivity contribution >= 4 is 17.6 Å². The molecule has 0 unspecified atom stereocenters. The standard InChI is InChI=1S/C18H24N4O4/c1-11-17(13(3)23)12(2)22(19-11)6-4-15(24)20-7-5-18-14(20)10-16(25)21(18)8-9-26-18/h14H,4-10H2,1-3H3/t14-,18+/m1/s1. The average Bonchev–Trinajstić information content (AvgIpc) is 3.27. The molecule has 2 atom stereocenters. The molecule has 0 N–H and O–H groups in total. The first-order valence-electron chi connectivity index (χ1n) is 9.14. The van der Waals surface area contributed by atoms with E-state index in [4.69, 9.17) is 4.74 Å². The Balaban J connectivity index is 1.46. The molecule has 3 saturated heterocycles. The summed E-state index contributed by atoms with van der Waals surface area (Å²) in [5.74, 6) is 0.0746. The van der Waals surface area contributed by atoms with Crippen molar-refractivity contribution in [3.63, 3.8) is 0 Å². The maximum absolute atomic E-state index is 12.8. The molecule has 0 bridgehead atoms. The lowest BCUT2D eigenvalue weighted by molar-refractivity contribution is -0.140. The highest BCUT2D eigenvalue weighted by Crippen LogP contribution is 2.45. The summed E-state index contributed by atoms with van der Waals surface area (Å²) in [6, 6.07) is -0.182. The second-order valence-electron chi connectivity index (χ2n) is 7.37. The molecule has 0 aliphatic carbocycles. The quantitative estimate of drug-likeness (QED) is 0.736. The molecular weight excluding hydrogens is 336 g/mol. The largest absolute Gasteiger partial charge is 0.351 e. The third-order valence-corrected chi connectivity index (χ3v) is 5.99. The lowest BCUT2D eigenvalue weighted by atomic mass is 10.1. The van der Waals surface area contributed by atoms with Crippen LogP contribution in [0, 0.1) is 13.8 Å². The van der Waals surface area contributed by atoms with E-state index in [9.17, 15) is 14.4 Å².